The summed E-state index contributed by atoms with van der Waals surface area (Å²) in [6, 6.07) is 7.59. The fourth-order valence-electron chi connectivity index (χ4n) is 4.27. The summed E-state index contributed by atoms with van der Waals surface area (Å²) in [5.41, 5.74) is 6.43. The van der Waals surface area contributed by atoms with Gasteiger partial charge in [0.15, 0.2) is 0 Å². The monoisotopic (exact) mass is 328 g/mol. The number of benzene rings is 1. The first-order chi connectivity index (χ1) is 11.7. The molecule has 0 unspecified atom stereocenters. The van der Waals surface area contributed by atoms with E-state index in [-0.39, 0.29) is 5.91 Å². The molecule has 4 nitrogen and oxygen atoms in total. The Kier molecular flexibility index (Phi) is 5.54. The smallest absolute Gasteiger partial charge is 0.254 e. The number of carbonyl (C=O) groups is 2. The molecule has 1 aromatic carbocycles. The maximum Gasteiger partial charge on any atom is 0.254 e. The topological polar surface area (TPSA) is 63.4 Å². The average molecular weight is 328 g/mol. The number of amides is 2. The van der Waals surface area contributed by atoms with Gasteiger partial charge < -0.3 is 10.6 Å². The molecule has 2 amide bonds. The molecule has 2 aliphatic carbocycles. The number of primary amides is 1. The van der Waals surface area contributed by atoms with E-state index in [9.17, 15) is 9.59 Å². The van der Waals surface area contributed by atoms with Crippen LogP contribution in [0.3, 0.4) is 0 Å². The van der Waals surface area contributed by atoms with Crippen LogP contribution in [0, 0.1) is 0 Å². The van der Waals surface area contributed by atoms with Gasteiger partial charge in [0, 0.05) is 23.2 Å². The van der Waals surface area contributed by atoms with Gasteiger partial charge >= 0.3 is 0 Å². The van der Waals surface area contributed by atoms with Gasteiger partial charge in [-0.2, -0.15) is 0 Å². The van der Waals surface area contributed by atoms with Gasteiger partial charge in [0.25, 0.3) is 5.91 Å². The molecule has 0 aliphatic heterocycles. The predicted octanol–water partition coefficient (Wildman–Crippen LogP) is 3.89. The summed E-state index contributed by atoms with van der Waals surface area (Å²) in [6.07, 6.45) is 12.0. The molecule has 0 bridgehead atoms. The molecule has 4 heteroatoms. The molecule has 0 radical (unpaired) electrons. The van der Waals surface area contributed by atoms with Crippen molar-refractivity contribution in [2.75, 3.05) is 0 Å². The van der Waals surface area contributed by atoms with Crippen LogP contribution in [-0.4, -0.2) is 28.8 Å². The first-order valence-corrected chi connectivity index (χ1v) is 9.39. The van der Waals surface area contributed by atoms with Crippen LogP contribution in [-0.2, 0) is 0 Å². The summed E-state index contributed by atoms with van der Waals surface area (Å²) >= 11 is 0. The third kappa shape index (κ3) is 3.80. The zero-order valence-electron chi connectivity index (χ0n) is 14.4. The van der Waals surface area contributed by atoms with E-state index in [1.807, 2.05) is 0 Å². The highest BCUT2D eigenvalue weighted by Crippen LogP contribution is 2.31. The van der Waals surface area contributed by atoms with Crippen molar-refractivity contribution in [1.29, 1.82) is 0 Å². The maximum absolute atomic E-state index is 13.2. The van der Waals surface area contributed by atoms with Crippen LogP contribution in [0.15, 0.2) is 24.3 Å². The Morgan fingerprint density at radius 3 is 1.58 bits per heavy atom. The van der Waals surface area contributed by atoms with Crippen LogP contribution in [0.5, 0.6) is 0 Å². The van der Waals surface area contributed by atoms with Crippen molar-refractivity contribution in [1.82, 2.24) is 4.90 Å². The third-order valence-electron chi connectivity index (χ3n) is 5.59. The largest absolute Gasteiger partial charge is 0.366 e. The fourth-order valence-corrected chi connectivity index (χ4v) is 4.27. The molecule has 2 aliphatic rings. The Morgan fingerprint density at radius 2 is 1.17 bits per heavy atom. The lowest BCUT2D eigenvalue weighted by atomic mass is 9.88. The van der Waals surface area contributed by atoms with Crippen molar-refractivity contribution >= 4 is 11.8 Å². The van der Waals surface area contributed by atoms with E-state index in [1.54, 1.807) is 24.3 Å². The summed E-state index contributed by atoms with van der Waals surface area (Å²) in [5.74, 6) is -0.324. The van der Waals surface area contributed by atoms with Crippen molar-refractivity contribution in [3.05, 3.63) is 35.4 Å². The predicted molar refractivity (Wildman–Crippen MR) is 94.9 cm³/mol. The number of nitrogens with zero attached hydrogens (tertiary/aromatic N) is 1. The maximum atomic E-state index is 13.2. The summed E-state index contributed by atoms with van der Waals surface area (Å²) in [7, 11) is 0. The van der Waals surface area contributed by atoms with Gasteiger partial charge in [-0.1, -0.05) is 38.5 Å². The Balaban J connectivity index is 1.82. The molecule has 0 spiro atoms. The zero-order chi connectivity index (χ0) is 16.9. The molecule has 0 aromatic heterocycles. The summed E-state index contributed by atoms with van der Waals surface area (Å²) in [5, 5.41) is 0. The second kappa shape index (κ2) is 7.82. The molecule has 0 heterocycles. The number of rotatable bonds is 4. The number of carbonyl (C=O) groups excluding carboxylic acids is 2. The van der Waals surface area contributed by atoms with Crippen LogP contribution >= 0.6 is 0 Å². The third-order valence-corrected chi connectivity index (χ3v) is 5.59. The molecule has 2 saturated carbocycles. The van der Waals surface area contributed by atoms with Crippen molar-refractivity contribution < 1.29 is 9.59 Å². The van der Waals surface area contributed by atoms with E-state index < -0.39 is 5.91 Å². The summed E-state index contributed by atoms with van der Waals surface area (Å²) in [6.45, 7) is 0. The number of hydrogen-bond donors (Lipinski definition) is 1. The molecule has 0 atom stereocenters. The number of hydrogen-bond acceptors (Lipinski definition) is 2. The molecule has 1 aromatic rings. The highest BCUT2D eigenvalue weighted by molar-refractivity contribution is 5.97. The Bertz CT molecular complexity index is 552. The van der Waals surface area contributed by atoms with Gasteiger partial charge in [-0.15, -0.1) is 0 Å². The SMILES string of the molecule is NC(=O)c1ccc(C(=O)N(C2CCCCC2)C2CCCCC2)cc1. The van der Waals surface area contributed by atoms with Crippen molar-refractivity contribution in [3.8, 4) is 0 Å². The minimum atomic E-state index is -0.453. The highest BCUT2D eigenvalue weighted by Gasteiger charge is 2.32. The Labute approximate surface area is 144 Å². The van der Waals surface area contributed by atoms with Crippen LogP contribution in [0.25, 0.3) is 0 Å². The van der Waals surface area contributed by atoms with Gasteiger partial charge in [-0.25, -0.2) is 0 Å². The van der Waals surface area contributed by atoms with E-state index in [0.29, 0.717) is 23.2 Å². The number of nitrogens with two attached hydrogens (primary N) is 1. The lowest BCUT2D eigenvalue weighted by molar-refractivity contribution is 0.0448. The van der Waals surface area contributed by atoms with E-state index >= 15 is 0 Å². The molecular formula is C20H28N2O2. The normalized spacial score (nSPS) is 19.8. The molecule has 3 rings (SSSR count). The molecule has 0 saturated heterocycles. The molecule has 24 heavy (non-hydrogen) atoms. The van der Waals surface area contributed by atoms with Gasteiger partial charge in [0.2, 0.25) is 5.91 Å². The minimum absolute atomic E-state index is 0.129. The van der Waals surface area contributed by atoms with Gasteiger partial charge in [0.05, 0.1) is 0 Å². The van der Waals surface area contributed by atoms with Gasteiger partial charge in [-0.3, -0.25) is 9.59 Å². The minimum Gasteiger partial charge on any atom is -0.366 e. The molecular weight excluding hydrogens is 300 g/mol. The van der Waals surface area contributed by atoms with Crippen LogP contribution in [0.4, 0.5) is 0 Å². The quantitative estimate of drug-likeness (QED) is 0.911. The fraction of sp³-hybridized carbons (Fsp3) is 0.600. The standard InChI is InChI=1S/C20H28N2O2/c21-19(23)15-11-13-16(14-12-15)20(24)22(17-7-3-1-4-8-17)18-9-5-2-6-10-18/h11-14,17-18H,1-10H2,(H2,21,23). The van der Waals surface area contributed by atoms with E-state index in [2.05, 4.69) is 4.90 Å². The lowest BCUT2D eigenvalue weighted by Gasteiger charge is -2.42. The highest BCUT2D eigenvalue weighted by atomic mass is 16.2. The first-order valence-electron chi connectivity index (χ1n) is 9.39. The van der Waals surface area contributed by atoms with E-state index in [1.165, 1.54) is 38.5 Å². The first kappa shape index (κ1) is 17.0. The molecule has 130 valence electrons. The van der Waals surface area contributed by atoms with Crippen molar-refractivity contribution in [2.45, 2.75) is 76.3 Å². The van der Waals surface area contributed by atoms with E-state index in [4.69, 9.17) is 5.73 Å². The molecule has 2 N–H and O–H groups in total. The summed E-state index contributed by atoms with van der Waals surface area (Å²) < 4.78 is 0. The van der Waals surface area contributed by atoms with Crippen molar-refractivity contribution in [3.63, 3.8) is 0 Å². The average Bonchev–Trinajstić information content (AvgIpc) is 2.64. The van der Waals surface area contributed by atoms with Gasteiger partial charge in [-0.05, 0) is 49.9 Å². The van der Waals surface area contributed by atoms with Crippen LogP contribution < -0.4 is 5.73 Å². The van der Waals surface area contributed by atoms with Crippen LogP contribution in [0.1, 0.15) is 84.9 Å². The second-order valence-corrected chi connectivity index (χ2v) is 7.24. The second-order valence-electron chi connectivity index (χ2n) is 7.24. The zero-order valence-corrected chi connectivity index (χ0v) is 14.4. The Hall–Kier alpha value is -1.84. The summed E-state index contributed by atoms with van der Waals surface area (Å²) in [4.78, 5) is 26.7. The van der Waals surface area contributed by atoms with Crippen LogP contribution in [0.2, 0.25) is 0 Å². The Morgan fingerprint density at radius 1 is 0.750 bits per heavy atom. The van der Waals surface area contributed by atoms with Crippen molar-refractivity contribution in [2.24, 2.45) is 5.73 Å². The lowest BCUT2D eigenvalue weighted by Crippen LogP contribution is -2.48. The van der Waals surface area contributed by atoms with E-state index in [0.717, 1.165) is 25.7 Å². The molecule has 2 fully saturated rings. The van der Waals surface area contributed by atoms with Gasteiger partial charge in [0.1, 0.15) is 0 Å².